The molecule has 2 aromatic carbocycles. The second kappa shape index (κ2) is 8.24. The zero-order valence-corrected chi connectivity index (χ0v) is 12.9. The summed E-state index contributed by atoms with van der Waals surface area (Å²) in [5, 5.41) is 14.0. The van der Waals surface area contributed by atoms with Gasteiger partial charge in [-0.1, -0.05) is 31.2 Å². The van der Waals surface area contributed by atoms with Crippen LogP contribution in [-0.4, -0.2) is 11.5 Å². The Morgan fingerprint density at radius 2 is 1.96 bits per heavy atom. The molecule has 23 heavy (non-hydrogen) atoms. The van der Waals surface area contributed by atoms with Crippen molar-refractivity contribution in [3.05, 3.63) is 69.5 Å². The lowest BCUT2D eigenvalue weighted by molar-refractivity contribution is -0.384. The van der Waals surface area contributed by atoms with Gasteiger partial charge < -0.3 is 10.1 Å². The number of nitrogens with zero attached hydrogens (tertiary/aromatic N) is 1. The van der Waals surface area contributed by atoms with Gasteiger partial charge in [0.1, 0.15) is 11.5 Å². The first-order chi connectivity index (χ1) is 11.1. The largest absolute Gasteiger partial charge is 0.377 e. The van der Waals surface area contributed by atoms with E-state index in [9.17, 15) is 14.5 Å². The molecule has 0 bridgehead atoms. The van der Waals surface area contributed by atoms with Gasteiger partial charge in [0.2, 0.25) is 0 Å². The Hall–Kier alpha value is -2.47. The fraction of sp³-hybridized carbons (Fsp3) is 0.294. The molecule has 122 valence electrons. The Morgan fingerprint density at radius 1 is 1.22 bits per heavy atom. The lowest BCUT2D eigenvalue weighted by Gasteiger charge is -2.12. The predicted molar refractivity (Wildman–Crippen MR) is 86.8 cm³/mol. The highest BCUT2D eigenvalue weighted by Crippen LogP contribution is 2.26. The highest BCUT2D eigenvalue weighted by Gasteiger charge is 2.15. The molecular formula is C17H19FN2O3. The molecule has 0 fully saturated rings. The quantitative estimate of drug-likeness (QED) is 0.448. The fourth-order valence-corrected chi connectivity index (χ4v) is 2.19. The normalized spacial score (nSPS) is 10.5. The van der Waals surface area contributed by atoms with Crippen molar-refractivity contribution in [2.45, 2.75) is 26.5 Å². The monoisotopic (exact) mass is 318 g/mol. The Kier molecular flexibility index (Phi) is 6.05. The fourth-order valence-electron chi connectivity index (χ4n) is 2.19. The van der Waals surface area contributed by atoms with Crippen LogP contribution in [0.25, 0.3) is 0 Å². The summed E-state index contributed by atoms with van der Waals surface area (Å²) in [6.45, 7) is 3.63. The van der Waals surface area contributed by atoms with Crippen molar-refractivity contribution in [1.82, 2.24) is 0 Å². The van der Waals surface area contributed by atoms with Crippen LogP contribution in [0.2, 0.25) is 0 Å². The SMILES string of the molecule is CCCOCc1ccccc1CNc1ccc(F)cc1[N+](=O)[O-]. The summed E-state index contributed by atoms with van der Waals surface area (Å²) in [5.74, 6) is -0.629. The van der Waals surface area contributed by atoms with Crippen molar-refractivity contribution >= 4 is 11.4 Å². The molecule has 0 aliphatic heterocycles. The van der Waals surface area contributed by atoms with Gasteiger partial charge in [0.25, 0.3) is 5.69 Å². The van der Waals surface area contributed by atoms with Crippen LogP contribution in [0.15, 0.2) is 42.5 Å². The van der Waals surface area contributed by atoms with Gasteiger partial charge in [-0.2, -0.15) is 0 Å². The molecule has 5 nitrogen and oxygen atoms in total. The Bertz CT molecular complexity index is 677. The third kappa shape index (κ3) is 4.75. The van der Waals surface area contributed by atoms with Crippen LogP contribution in [0.1, 0.15) is 24.5 Å². The molecule has 2 aromatic rings. The summed E-state index contributed by atoms with van der Waals surface area (Å²) in [7, 11) is 0. The average Bonchev–Trinajstić information content (AvgIpc) is 2.55. The van der Waals surface area contributed by atoms with E-state index in [2.05, 4.69) is 5.32 Å². The molecule has 0 saturated heterocycles. The third-order valence-corrected chi connectivity index (χ3v) is 3.35. The van der Waals surface area contributed by atoms with Gasteiger partial charge >= 0.3 is 0 Å². The van der Waals surface area contributed by atoms with Crippen LogP contribution in [0, 0.1) is 15.9 Å². The molecule has 0 aromatic heterocycles. The minimum absolute atomic E-state index is 0.273. The van der Waals surface area contributed by atoms with Crippen molar-refractivity contribution in [1.29, 1.82) is 0 Å². The highest BCUT2D eigenvalue weighted by molar-refractivity contribution is 5.61. The summed E-state index contributed by atoms with van der Waals surface area (Å²) >= 11 is 0. The van der Waals surface area contributed by atoms with Crippen LogP contribution in [0.3, 0.4) is 0 Å². The van der Waals surface area contributed by atoms with Crippen LogP contribution in [-0.2, 0) is 17.9 Å². The van der Waals surface area contributed by atoms with Crippen LogP contribution < -0.4 is 5.32 Å². The zero-order valence-electron chi connectivity index (χ0n) is 12.9. The predicted octanol–water partition coefficient (Wildman–Crippen LogP) is 4.27. The summed E-state index contributed by atoms with van der Waals surface area (Å²) < 4.78 is 18.7. The van der Waals surface area contributed by atoms with E-state index in [-0.39, 0.29) is 5.69 Å². The lowest BCUT2D eigenvalue weighted by atomic mass is 10.1. The minimum Gasteiger partial charge on any atom is -0.377 e. The van der Waals surface area contributed by atoms with Crippen molar-refractivity contribution in [3.8, 4) is 0 Å². The van der Waals surface area contributed by atoms with Gasteiger partial charge in [0, 0.05) is 13.2 Å². The molecule has 6 heteroatoms. The minimum atomic E-state index is -0.629. The topological polar surface area (TPSA) is 64.4 Å². The molecule has 0 amide bonds. The molecule has 0 aliphatic carbocycles. The van der Waals surface area contributed by atoms with Crippen LogP contribution in [0.4, 0.5) is 15.8 Å². The smallest absolute Gasteiger partial charge is 0.295 e. The Balaban J connectivity index is 2.11. The van der Waals surface area contributed by atoms with E-state index in [1.807, 2.05) is 31.2 Å². The number of anilines is 1. The van der Waals surface area contributed by atoms with E-state index in [1.165, 1.54) is 12.1 Å². The summed E-state index contributed by atoms with van der Waals surface area (Å²) in [6.07, 6.45) is 0.947. The first kappa shape index (κ1) is 16.9. The van der Waals surface area contributed by atoms with Gasteiger partial charge in [-0.3, -0.25) is 10.1 Å². The van der Waals surface area contributed by atoms with Crippen molar-refractivity contribution in [2.75, 3.05) is 11.9 Å². The van der Waals surface area contributed by atoms with Gasteiger partial charge in [0.05, 0.1) is 17.6 Å². The maximum atomic E-state index is 13.2. The molecule has 0 atom stereocenters. The molecule has 0 saturated carbocycles. The van der Waals surface area contributed by atoms with Gasteiger partial charge in [-0.25, -0.2) is 4.39 Å². The standard InChI is InChI=1S/C17H19FN2O3/c1-2-9-23-12-14-6-4-3-5-13(14)11-19-16-8-7-15(18)10-17(16)20(21)22/h3-8,10,19H,2,9,11-12H2,1H3. The molecule has 0 radical (unpaired) electrons. The van der Waals surface area contributed by atoms with Crippen LogP contribution in [0.5, 0.6) is 0 Å². The molecule has 0 unspecified atom stereocenters. The maximum absolute atomic E-state index is 13.2. The molecule has 0 spiro atoms. The first-order valence-corrected chi connectivity index (χ1v) is 7.44. The maximum Gasteiger partial charge on any atom is 0.295 e. The molecular weight excluding hydrogens is 299 g/mol. The number of hydrogen-bond acceptors (Lipinski definition) is 4. The molecule has 1 N–H and O–H groups in total. The second-order valence-electron chi connectivity index (χ2n) is 5.09. The number of rotatable bonds is 8. The number of nitrogens with one attached hydrogen (secondary N) is 1. The summed E-state index contributed by atoms with van der Waals surface area (Å²) in [6, 6.07) is 11.2. The highest BCUT2D eigenvalue weighted by atomic mass is 19.1. The number of nitro benzene ring substituents is 1. The number of halogens is 1. The van der Waals surface area contributed by atoms with Crippen LogP contribution >= 0.6 is 0 Å². The average molecular weight is 318 g/mol. The van der Waals surface area contributed by atoms with E-state index < -0.39 is 10.7 Å². The van der Waals surface area contributed by atoms with Crippen molar-refractivity contribution < 1.29 is 14.1 Å². The molecule has 0 heterocycles. The van der Waals surface area contributed by atoms with Crippen molar-refractivity contribution in [2.24, 2.45) is 0 Å². The van der Waals surface area contributed by atoms with E-state index >= 15 is 0 Å². The van der Waals surface area contributed by atoms with Gasteiger partial charge in [-0.05, 0) is 29.7 Å². The Labute approximate surface area is 134 Å². The van der Waals surface area contributed by atoms with E-state index in [1.54, 1.807) is 0 Å². The van der Waals surface area contributed by atoms with E-state index in [0.29, 0.717) is 25.4 Å². The molecule has 0 aliphatic rings. The summed E-state index contributed by atoms with van der Waals surface area (Å²) in [4.78, 5) is 10.4. The zero-order chi connectivity index (χ0) is 16.7. The van der Waals surface area contributed by atoms with E-state index in [4.69, 9.17) is 4.74 Å². The Morgan fingerprint density at radius 3 is 2.65 bits per heavy atom. The number of hydrogen-bond donors (Lipinski definition) is 1. The first-order valence-electron chi connectivity index (χ1n) is 7.44. The number of nitro groups is 1. The third-order valence-electron chi connectivity index (χ3n) is 3.35. The van der Waals surface area contributed by atoms with Gasteiger partial charge in [0.15, 0.2) is 0 Å². The van der Waals surface area contributed by atoms with Crippen molar-refractivity contribution in [3.63, 3.8) is 0 Å². The summed E-state index contributed by atoms with van der Waals surface area (Å²) in [5.41, 5.74) is 2.03. The lowest BCUT2D eigenvalue weighted by Crippen LogP contribution is -2.06. The second-order valence-corrected chi connectivity index (χ2v) is 5.09. The number of benzene rings is 2. The van der Waals surface area contributed by atoms with Gasteiger partial charge in [-0.15, -0.1) is 0 Å². The van der Waals surface area contributed by atoms with E-state index in [0.717, 1.165) is 23.6 Å². The molecule has 2 rings (SSSR count). The number of ether oxygens (including phenoxy) is 1.